The normalized spacial score (nSPS) is 12.1. The lowest BCUT2D eigenvalue weighted by atomic mass is 9.63. The van der Waals surface area contributed by atoms with E-state index in [0.29, 0.717) is 0 Å². The molecule has 0 bridgehead atoms. The first kappa shape index (κ1) is 28.1. The van der Waals surface area contributed by atoms with E-state index in [0.717, 1.165) is 11.4 Å². The number of rotatable bonds is 4. The van der Waals surface area contributed by atoms with Crippen LogP contribution in [0.5, 0.6) is 0 Å². The monoisotopic (exact) mass is 494 g/mol. The van der Waals surface area contributed by atoms with E-state index in [1.807, 2.05) is 0 Å². The van der Waals surface area contributed by atoms with Crippen molar-refractivity contribution in [1.29, 1.82) is 0 Å². The van der Waals surface area contributed by atoms with Crippen molar-refractivity contribution < 1.29 is 0 Å². The van der Waals surface area contributed by atoms with Gasteiger partial charge in [0.05, 0.1) is 0 Å². The van der Waals surface area contributed by atoms with Crippen LogP contribution in [-0.2, 0) is 10.8 Å². The van der Waals surface area contributed by atoms with Crippen LogP contribution in [0.3, 0.4) is 0 Å². The van der Waals surface area contributed by atoms with Crippen molar-refractivity contribution in [3.8, 4) is 0 Å². The van der Waals surface area contributed by atoms with Gasteiger partial charge >= 0.3 is 0 Å². The summed E-state index contributed by atoms with van der Waals surface area (Å²) in [5, 5.41) is 10.3. The minimum absolute atomic E-state index is 0.149. The standard InChI is InChI=1S/C30H40B6N2/c1-29(2,3)15-7-11-17(12-8-15)37-27-23(33)19-20(21(31)25(27)35)24(34)28(26(36)22(19)32)38-18-13-9-16(10-14-18)30(4,5)6/h7-14,37-38H,31-36H2,1-6H3. The molecular formula is C30H40B6N2. The average Bonchev–Trinajstić information content (AvgIpc) is 2.84. The van der Waals surface area contributed by atoms with Crippen LogP contribution >= 0.6 is 0 Å². The van der Waals surface area contributed by atoms with Crippen molar-refractivity contribution >= 4 is 113 Å². The van der Waals surface area contributed by atoms with E-state index >= 15 is 0 Å². The van der Waals surface area contributed by atoms with E-state index < -0.39 is 0 Å². The zero-order valence-electron chi connectivity index (χ0n) is 25.6. The molecule has 2 nitrogen and oxygen atoms in total. The van der Waals surface area contributed by atoms with Crippen LogP contribution in [0, 0.1) is 0 Å². The van der Waals surface area contributed by atoms with Gasteiger partial charge in [0.2, 0.25) is 0 Å². The molecule has 38 heavy (non-hydrogen) atoms. The molecule has 0 fully saturated rings. The van der Waals surface area contributed by atoms with Gasteiger partial charge in [-0.2, -0.15) is 0 Å². The summed E-state index contributed by atoms with van der Waals surface area (Å²) in [6.07, 6.45) is 0. The van der Waals surface area contributed by atoms with Crippen LogP contribution in [0.2, 0.25) is 0 Å². The maximum Gasteiger partial charge on any atom is 0.142 e. The van der Waals surface area contributed by atoms with Crippen molar-refractivity contribution in [2.45, 2.75) is 52.4 Å². The summed E-state index contributed by atoms with van der Waals surface area (Å²) in [6, 6.07) is 17.8. The Morgan fingerprint density at radius 3 is 0.974 bits per heavy atom. The summed E-state index contributed by atoms with van der Waals surface area (Å²) in [5.41, 5.74) is 15.6. The van der Waals surface area contributed by atoms with Crippen LogP contribution in [-0.4, -0.2) is 47.1 Å². The van der Waals surface area contributed by atoms with Gasteiger partial charge in [0.25, 0.3) is 0 Å². The van der Waals surface area contributed by atoms with Gasteiger partial charge in [0, 0.05) is 22.7 Å². The Bertz CT molecular complexity index is 1400. The van der Waals surface area contributed by atoms with Crippen LogP contribution < -0.4 is 43.4 Å². The van der Waals surface area contributed by atoms with Crippen molar-refractivity contribution in [1.82, 2.24) is 0 Å². The highest BCUT2D eigenvalue weighted by molar-refractivity contribution is 6.68. The molecule has 8 heteroatoms. The van der Waals surface area contributed by atoms with Gasteiger partial charge in [-0.1, -0.05) is 98.6 Å². The third-order valence-electron chi connectivity index (χ3n) is 8.42. The molecule has 0 heterocycles. The Kier molecular flexibility index (Phi) is 7.42. The third kappa shape index (κ3) is 5.20. The topological polar surface area (TPSA) is 24.1 Å². The van der Waals surface area contributed by atoms with Crippen molar-refractivity contribution in [3.05, 3.63) is 59.7 Å². The molecule has 4 aromatic carbocycles. The molecule has 2 N–H and O–H groups in total. The van der Waals surface area contributed by atoms with Gasteiger partial charge in [-0.25, -0.2) is 0 Å². The molecule has 0 spiro atoms. The lowest BCUT2D eigenvalue weighted by molar-refractivity contribution is 0.590. The quantitative estimate of drug-likeness (QED) is 0.338. The maximum absolute atomic E-state index is 3.77. The minimum Gasteiger partial charge on any atom is -0.356 e. The number of hydrogen-bond donors (Lipinski definition) is 2. The van der Waals surface area contributed by atoms with Gasteiger partial charge in [-0.15, -0.1) is 0 Å². The van der Waals surface area contributed by atoms with E-state index in [2.05, 4.69) is 148 Å². The molecule has 0 aliphatic rings. The molecule has 188 valence electrons. The summed E-state index contributed by atoms with van der Waals surface area (Å²) in [5.74, 6) is 0. The lowest BCUT2D eigenvalue weighted by Gasteiger charge is -2.26. The van der Waals surface area contributed by atoms with E-state index in [9.17, 15) is 0 Å². The van der Waals surface area contributed by atoms with Gasteiger partial charge in [-0.3, -0.25) is 0 Å². The average molecular weight is 494 g/mol. The molecule has 0 saturated carbocycles. The molecular weight excluding hydrogens is 453 g/mol. The summed E-state index contributed by atoms with van der Waals surface area (Å²) in [4.78, 5) is 0. The third-order valence-corrected chi connectivity index (χ3v) is 8.42. The lowest BCUT2D eigenvalue weighted by Crippen LogP contribution is -2.44. The molecule has 0 atom stereocenters. The first-order valence-corrected chi connectivity index (χ1v) is 13.9. The largest absolute Gasteiger partial charge is 0.356 e. The van der Waals surface area contributed by atoms with E-state index in [1.54, 1.807) is 0 Å². The molecule has 0 aliphatic heterocycles. The fraction of sp³-hybridized carbons (Fsp3) is 0.267. The van der Waals surface area contributed by atoms with Gasteiger partial charge in [0.15, 0.2) is 0 Å². The minimum atomic E-state index is 0.149. The number of benzene rings is 4. The molecule has 0 saturated heterocycles. The Labute approximate surface area is 235 Å². The molecule has 0 aromatic heterocycles. The highest BCUT2D eigenvalue weighted by Gasteiger charge is 2.20. The number of hydrogen-bond acceptors (Lipinski definition) is 2. The van der Waals surface area contributed by atoms with E-state index in [1.165, 1.54) is 66.1 Å². The predicted octanol–water partition coefficient (Wildman–Crippen LogP) is -1.53. The Balaban J connectivity index is 1.80. The molecule has 0 aliphatic carbocycles. The summed E-state index contributed by atoms with van der Waals surface area (Å²) < 4.78 is 0. The Morgan fingerprint density at radius 1 is 0.421 bits per heavy atom. The summed E-state index contributed by atoms with van der Waals surface area (Å²) in [7, 11) is 13.6. The predicted molar refractivity (Wildman–Crippen MR) is 190 cm³/mol. The fourth-order valence-corrected chi connectivity index (χ4v) is 5.65. The molecule has 4 rings (SSSR count). The van der Waals surface area contributed by atoms with Crippen LogP contribution in [0.1, 0.15) is 52.7 Å². The summed E-state index contributed by atoms with van der Waals surface area (Å²) >= 11 is 0. The smallest absolute Gasteiger partial charge is 0.142 e. The second-order valence-corrected chi connectivity index (χ2v) is 13.2. The number of fused-ring (bicyclic) bond motifs is 1. The second kappa shape index (κ2) is 10.0. The van der Waals surface area contributed by atoms with Crippen molar-refractivity contribution in [2.24, 2.45) is 0 Å². The number of nitrogens with one attached hydrogen (secondary N) is 2. The van der Waals surface area contributed by atoms with Gasteiger partial charge < -0.3 is 10.6 Å². The zero-order chi connectivity index (χ0) is 28.2. The first-order valence-electron chi connectivity index (χ1n) is 13.9. The fourth-order valence-electron chi connectivity index (χ4n) is 5.65. The van der Waals surface area contributed by atoms with E-state index in [4.69, 9.17) is 0 Å². The molecule has 0 radical (unpaired) electrons. The van der Waals surface area contributed by atoms with Gasteiger partial charge in [0.1, 0.15) is 47.1 Å². The Morgan fingerprint density at radius 2 is 0.711 bits per heavy atom. The molecule has 0 unspecified atom stereocenters. The Hall–Kier alpha value is -2.87. The van der Waals surface area contributed by atoms with Crippen LogP contribution in [0.15, 0.2) is 48.5 Å². The number of anilines is 4. The van der Waals surface area contributed by atoms with E-state index in [-0.39, 0.29) is 10.8 Å². The van der Waals surface area contributed by atoms with Crippen LogP contribution in [0.4, 0.5) is 22.7 Å². The second-order valence-electron chi connectivity index (χ2n) is 13.2. The molecule has 0 amide bonds. The zero-order valence-corrected chi connectivity index (χ0v) is 25.6. The first-order chi connectivity index (χ1) is 17.6. The summed E-state index contributed by atoms with van der Waals surface area (Å²) in [6.45, 7) is 13.5. The van der Waals surface area contributed by atoms with Crippen molar-refractivity contribution in [2.75, 3.05) is 10.6 Å². The molecule has 4 aromatic rings. The highest BCUT2D eigenvalue weighted by Crippen LogP contribution is 2.26. The SMILES string of the molecule is Bc1c(Nc2ccc(C(C)(C)C)cc2)c(B)c2c(B)c(B)c(Nc3ccc(C(C)(C)C)cc3)c(B)c2c1B. The maximum atomic E-state index is 3.77. The highest BCUT2D eigenvalue weighted by atomic mass is 14.9. The van der Waals surface area contributed by atoms with Gasteiger partial charge in [-0.05, 0) is 57.0 Å². The van der Waals surface area contributed by atoms with Crippen molar-refractivity contribution in [3.63, 3.8) is 0 Å². The van der Waals surface area contributed by atoms with Crippen LogP contribution in [0.25, 0.3) is 10.8 Å².